The third-order valence-electron chi connectivity index (χ3n) is 4.74. The minimum atomic E-state index is -0.536. The Morgan fingerprint density at radius 3 is 2.72 bits per heavy atom. The lowest BCUT2D eigenvalue weighted by Gasteiger charge is -2.38. The Kier molecular flexibility index (Phi) is 5.53. The molecule has 0 saturated carbocycles. The van der Waals surface area contributed by atoms with Crippen molar-refractivity contribution in [1.82, 2.24) is 0 Å². The fourth-order valence-corrected chi connectivity index (χ4v) is 3.80. The zero-order chi connectivity index (χ0) is 20.4. The molecule has 0 aromatic heterocycles. The van der Waals surface area contributed by atoms with Gasteiger partial charge in [-0.15, -0.1) is 0 Å². The lowest BCUT2D eigenvalue weighted by molar-refractivity contribution is 0.0974. The van der Waals surface area contributed by atoms with Crippen LogP contribution in [0.25, 0.3) is 0 Å². The monoisotopic (exact) mass is 454 g/mol. The Bertz CT molecular complexity index is 1060. The number of hydrogen-bond donors (Lipinski definition) is 1. The molecule has 0 bridgehead atoms. The molecular formula is C23H20BrFN2O2. The maximum absolute atomic E-state index is 14.0. The van der Waals surface area contributed by atoms with Crippen molar-refractivity contribution in [3.63, 3.8) is 0 Å². The predicted octanol–water partition coefficient (Wildman–Crippen LogP) is 6.15. The normalized spacial score (nSPS) is 15.6. The molecule has 0 radical (unpaired) electrons. The van der Waals surface area contributed by atoms with E-state index < -0.39 is 12.0 Å². The van der Waals surface area contributed by atoms with Gasteiger partial charge in [-0.2, -0.15) is 0 Å². The van der Waals surface area contributed by atoms with Gasteiger partial charge in [0.25, 0.3) is 5.91 Å². The van der Waals surface area contributed by atoms with Crippen molar-refractivity contribution in [3.05, 3.63) is 88.1 Å². The molecule has 1 atom stereocenters. The smallest absolute Gasteiger partial charge is 0.262 e. The lowest BCUT2D eigenvalue weighted by atomic mass is 10.0. The molecule has 1 unspecified atom stereocenters. The highest BCUT2D eigenvalue weighted by atomic mass is 79.9. The predicted molar refractivity (Wildman–Crippen MR) is 116 cm³/mol. The molecule has 1 aliphatic heterocycles. The van der Waals surface area contributed by atoms with Crippen LogP contribution in [0.2, 0.25) is 0 Å². The number of amides is 1. The first-order valence-electron chi connectivity index (χ1n) is 9.45. The highest BCUT2D eigenvalue weighted by Crippen LogP contribution is 2.40. The maximum Gasteiger partial charge on any atom is 0.262 e. The second-order valence-electron chi connectivity index (χ2n) is 6.78. The molecule has 4 rings (SSSR count). The van der Waals surface area contributed by atoms with Gasteiger partial charge >= 0.3 is 0 Å². The number of nitrogens with zero attached hydrogens (tertiary/aromatic N) is 1. The summed E-state index contributed by atoms with van der Waals surface area (Å²) < 4.78 is 20.7. The fraction of sp³-hybridized carbons (Fsp3) is 0.174. The van der Waals surface area contributed by atoms with Crippen LogP contribution >= 0.6 is 15.9 Å². The molecule has 3 aromatic carbocycles. The highest BCUT2D eigenvalue weighted by Gasteiger charge is 2.35. The van der Waals surface area contributed by atoms with Crippen molar-refractivity contribution < 1.29 is 13.9 Å². The van der Waals surface area contributed by atoms with Crippen LogP contribution in [0.5, 0.6) is 5.75 Å². The highest BCUT2D eigenvalue weighted by molar-refractivity contribution is 9.10. The van der Waals surface area contributed by atoms with Crippen molar-refractivity contribution in [3.8, 4) is 5.75 Å². The zero-order valence-electron chi connectivity index (χ0n) is 15.9. The summed E-state index contributed by atoms with van der Waals surface area (Å²) in [4.78, 5) is 15.1. The minimum Gasteiger partial charge on any atom is -0.493 e. The minimum absolute atomic E-state index is 0.207. The number of halogens is 2. The molecule has 1 N–H and O–H groups in total. The van der Waals surface area contributed by atoms with E-state index in [9.17, 15) is 9.18 Å². The summed E-state index contributed by atoms with van der Waals surface area (Å²) in [6.45, 7) is 2.61. The number of anilines is 2. The van der Waals surface area contributed by atoms with Crippen LogP contribution < -0.4 is 15.0 Å². The van der Waals surface area contributed by atoms with Gasteiger partial charge in [0.2, 0.25) is 0 Å². The van der Waals surface area contributed by atoms with E-state index in [-0.39, 0.29) is 5.91 Å². The van der Waals surface area contributed by atoms with Gasteiger partial charge < -0.3 is 10.1 Å². The number of fused-ring (bicyclic) bond motifs is 1. The Balaban J connectivity index is 1.86. The van der Waals surface area contributed by atoms with Gasteiger partial charge in [-0.05, 0) is 48.9 Å². The SMILES string of the molecule is CCCOc1ccccc1C1Nc2ccc(Br)cc2C(=O)N1c1cccc(F)c1. The van der Waals surface area contributed by atoms with Gasteiger partial charge in [0.1, 0.15) is 17.7 Å². The second kappa shape index (κ2) is 8.25. The van der Waals surface area contributed by atoms with E-state index in [4.69, 9.17) is 4.74 Å². The summed E-state index contributed by atoms with van der Waals surface area (Å²) in [6.07, 6.45) is 0.335. The van der Waals surface area contributed by atoms with Crippen LogP contribution in [-0.4, -0.2) is 12.5 Å². The van der Waals surface area contributed by atoms with E-state index in [1.54, 1.807) is 23.1 Å². The molecule has 148 valence electrons. The molecule has 29 heavy (non-hydrogen) atoms. The third kappa shape index (κ3) is 3.85. The first-order valence-corrected chi connectivity index (χ1v) is 10.2. The van der Waals surface area contributed by atoms with Crippen LogP contribution in [0.1, 0.15) is 35.4 Å². The standard InChI is InChI=1S/C23H20BrFN2O2/c1-2-12-29-21-9-4-3-8-18(21)22-26-20-11-10-15(24)13-19(20)23(28)27(22)17-7-5-6-16(25)14-17/h3-11,13-14,22,26H,2,12H2,1H3. The molecular weight excluding hydrogens is 435 g/mol. The summed E-state index contributed by atoms with van der Waals surface area (Å²) in [5.41, 5.74) is 2.53. The third-order valence-corrected chi connectivity index (χ3v) is 5.24. The van der Waals surface area contributed by atoms with Crippen molar-refractivity contribution in [1.29, 1.82) is 0 Å². The van der Waals surface area contributed by atoms with Crippen molar-refractivity contribution in [2.45, 2.75) is 19.5 Å². The summed E-state index contributed by atoms with van der Waals surface area (Å²) in [5, 5.41) is 3.44. The molecule has 1 heterocycles. The number of rotatable bonds is 5. The van der Waals surface area contributed by atoms with E-state index >= 15 is 0 Å². The lowest BCUT2D eigenvalue weighted by Crippen LogP contribution is -2.43. The summed E-state index contributed by atoms with van der Waals surface area (Å²) in [7, 11) is 0. The zero-order valence-corrected chi connectivity index (χ0v) is 17.4. The summed E-state index contributed by atoms with van der Waals surface area (Å²) in [6, 6.07) is 19.2. The van der Waals surface area contributed by atoms with Crippen LogP contribution in [-0.2, 0) is 0 Å². The molecule has 0 spiro atoms. The van der Waals surface area contributed by atoms with Crippen LogP contribution in [0.15, 0.2) is 71.2 Å². The summed E-state index contributed by atoms with van der Waals surface area (Å²) >= 11 is 3.43. The Morgan fingerprint density at radius 2 is 1.93 bits per heavy atom. The molecule has 1 amide bonds. The van der Waals surface area contributed by atoms with Gasteiger partial charge in [-0.1, -0.05) is 47.1 Å². The Labute approximate surface area is 177 Å². The van der Waals surface area contributed by atoms with Gasteiger partial charge in [0.05, 0.1) is 12.2 Å². The van der Waals surface area contributed by atoms with Gasteiger partial charge in [-0.25, -0.2) is 4.39 Å². The Morgan fingerprint density at radius 1 is 1.10 bits per heavy atom. The summed E-state index contributed by atoms with van der Waals surface area (Å²) in [5.74, 6) is 0.0900. The average Bonchev–Trinajstić information content (AvgIpc) is 2.73. The largest absolute Gasteiger partial charge is 0.493 e. The van der Waals surface area contributed by atoms with E-state index in [0.29, 0.717) is 23.6 Å². The number of carbonyl (C=O) groups is 1. The van der Waals surface area contributed by atoms with Crippen molar-refractivity contribution in [2.75, 3.05) is 16.8 Å². The Hall–Kier alpha value is -2.86. The average molecular weight is 455 g/mol. The number of nitrogens with one attached hydrogen (secondary N) is 1. The maximum atomic E-state index is 14.0. The van der Waals surface area contributed by atoms with Crippen LogP contribution in [0, 0.1) is 5.82 Å². The topological polar surface area (TPSA) is 41.6 Å². The number of benzene rings is 3. The van der Waals surface area contributed by atoms with Gasteiger partial charge in [-0.3, -0.25) is 9.69 Å². The molecule has 4 nitrogen and oxygen atoms in total. The molecule has 1 aliphatic rings. The molecule has 0 aliphatic carbocycles. The second-order valence-corrected chi connectivity index (χ2v) is 7.69. The van der Waals surface area contributed by atoms with E-state index in [0.717, 1.165) is 22.1 Å². The molecule has 0 fully saturated rings. The van der Waals surface area contributed by atoms with E-state index in [2.05, 4.69) is 21.2 Å². The van der Waals surface area contributed by atoms with Crippen molar-refractivity contribution in [2.24, 2.45) is 0 Å². The fourth-order valence-electron chi connectivity index (χ4n) is 3.44. The van der Waals surface area contributed by atoms with Crippen molar-refractivity contribution >= 4 is 33.2 Å². The van der Waals surface area contributed by atoms with E-state index in [1.807, 2.05) is 43.3 Å². The van der Waals surface area contributed by atoms with Crippen LogP contribution in [0.4, 0.5) is 15.8 Å². The van der Waals surface area contributed by atoms with Crippen LogP contribution in [0.3, 0.4) is 0 Å². The first-order chi connectivity index (χ1) is 14.1. The van der Waals surface area contributed by atoms with E-state index in [1.165, 1.54) is 12.1 Å². The quantitative estimate of drug-likeness (QED) is 0.502. The van der Waals surface area contributed by atoms with Gasteiger partial charge in [0, 0.05) is 21.4 Å². The molecule has 3 aromatic rings. The number of carbonyl (C=O) groups excluding carboxylic acids is 1. The van der Waals surface area contributed by atoms with Gasteiger partial charge in [0.15, 0.2) is 0 Å². The number of para-hydroxylation sites is 1. The number of ether oxygens (including phenoxy) is 1. The first kappa shape index (κ1) is 19.5. The molecule has 0 saturated heterocycles. The molecule has 6 heteroatoms. The number of hydrogen-bond acceptors (Lipinski definition) is 3.